The molecule has 0 radical (unpaired) electrons. The lowest BCUT2D eigenvalue weighted by molar-refractivity contribution is -0.120. The van der Waals surface area contributed by atoms with E-state index in [1.165, 1.54) is 6.07 Å². The molecule has 0 aliphatic carbocycles. The molecule has 1 aromatic heterocycles. The summed E-state index contributed by atoms with van der Waals surface area (Å²) in [4.78, 5) is 25.1. The molecule has 1 amide bonds. The minimum absolute atomic E-state index is 0.0934. The van der Waals surface area contributed by atoms with Gasteiger partial charge in [0.1, 0.15) is 10.8 Å². The quantitative estimate of drug-likeness (QED) is 0.632. The molecule has 0 spiro atoms. The summed E-state index contributed by atoms with van der Waals surface area (Å²) in [6.07, 6.45) is 5.04. The highest BCUT2D eigenvalue weighted by Crippen LogP contribution is 2.34. The zero-order valence-corrected chi connectivity index (χ0v) is 17.5. The van der Waals surface area contributed by atoms with Gasteiger partial charge in [0.05, 0.1) is 5.92 Å². The summed E-state index contributed by atoms with van der Waals surface area (Å²) in [5.74, 6) is 0.189. The van der Waals surface area contributed by atoms with E-state index < -0.39 is 0 Å². The largest absolute Gasteiger partial charge is 0.354 e. The summed E-state index contributed by atoms with van der Waals surface area (Å²) in [5.41, 5.74) is 1.04. The Balaban J connectivity index is 1.47. The first-order valence-corrected chi connectivity index (χ1v) is 10.8. The second-order valence-corrected chi connectivity index (χ2v) is 8.40. The molecule has 1 aliphatic heterocycles. The van der Waals surface area contributed by atoms with Crippen molar-refractivity contribution in [3.8, 4) is 0 Å². The Hall–Kier alpha value is -2.93. The summed E-state index contributed by atoms with van der Waals surface area (Å²) in [5, 5.41) is 3.68. The van der Waals surface area contributed by atoms with E-state index in [-0.39, 0.29) is 17.6 Å². The Morgan fingerprint density at radius 2 is 1.97 bits per heavy atom. The fourth-order valence-corrected chi connectivity index (χ4v) is 4.41. The van der Waals surface area contributed by atoms with Crippen LogP contribution in [-0.4, -0.2) is 29.0 Å². The van der Waals surface area contributed by atoms with Crippen LogP contribution in [0.25, 0.3) is 0 Å². The van der Waals surface area contributed by atoms with Gasteiger partial charge in [0, 0.05) is 36.1 Å². The van der Waals surface area contributed by atoms with Crippen LogP contribution >= 0.6 is 11.8 Å². The Bertz CT molecular complexity index is 1030. The highest BCUT2D eigenvalue weighted by atomic mass is 32.2. The number of hydrogen-bond acceptors (Lipinski definition) is 5. The predicted molar refractivity (Wildman–Crippen MR) is 117 cm³/mol. The van der Waals surface area contributed by atoms with Gasteiger partial charge in [-0.2, -0.15) is 0 Å². The van der Waals surface area contributed by atoms with Crippen LogP contribution < -0.4 is 10.2 Å². The first-order valence-electron chi connectivity index (χ1n) is 9.96. The Kier molecular flexibility index (Phi) is 6.28. The van der Waals surface area contributed by atoms with Crippen LogP contribution in [0.4, 0.5) is 15.9 Å². The minimum Gasteiger partial charge on any atom is -0.354 e. The smallest absolute Gasteiger partial charge is 0.229 e. The van der Waals surface area contributed by atoms with Gasteiger partial charge in [0.25, 0.3) is 0 Å². The summed E-state index contributed by atoms with van der Waals surface area (Å²) in [6, 6.07) is 14.8. The van der Waals surface area contributed by atoms with Gasteiger partial charge < -0.3 is 10.2 Å². The van der Waals surface area contributed by atoms with Gasteiger partial charge in [-0.25, -0.2) is 14.4 Å². The molecule has 1 N–H and O–H groups in total. The van der Waals surface area contributed by atoms with Crippen molar-refractivity contribution in [2.45, 2.75) is 29.7 Å². The molecule has 4 rings (SSSR count). The van der Waals surface area contributed by atoms with E-state index in [2.05, 4.69) is 20.2 Å². The molecule has 0 saturated carbocycles. The van der Waals surface area contributed by atoms with Crippen LogP contribution in [0.15, 0.2) is 70.8 Å². The predicted octanol–water partition coefficient (Wildman–Crippen LogP) is 4.93. The normalized spacial score (nSPS) is 16.3. The van der Waals surface area contributed by atoms with E-state index in [0.29, 0.717) is 17.8 Å². The van der Waals surface area contributed by atoms with Crippen molar-refractivity contribution in [3.63, 3.8) is 0 Å². The number of nitrogens with zero attached hydrogens (tertiary/aromatic N) is 3. The average molecular weight is 423 g/mol. The summed E-state index contributed by atoms with van der Waals surface area (Å²) in [6.45, 7) is 3.08. The van der Waals surface area contributed by atoms with Crippen LogP contribution in [0.1, 0.15) is 18.4 Å². The molecule has 1 saturated heterocycles. The first kappa shape index (κ1) is 20.3. The number of aromatic nitrogens is 2. The van der Waals surface area contributed by atoms with Gasteiger partial charge >= 0.3 is 0 Å². The number of anilines is 2. The lowest BCUT2D eigenvalue weighted by atomic mass is 9.97. The van der Waals surface area contributed by atoms with Crippen molar-refractivity contribution in [1.29, 1.82) is 0 Å². The van der Waals surface area contributed by atoms with Crippen LogP contribution in [0.2, 0.25) is 0 Å². The van der Waals surface area contributed by atoms with Crippen molar-refractivity contribution < 1.29 is 9.18 Å². The molecular weight excluding hydrogens is 399 g/mol. The number of amides is 1. The number of carbonyl (C=O) groups is 1. The van der Waals surface area contributed by atoms with Crippen molar-refractivity contribution >= 4 is 29.2 Å². The van der Waals surface area contributed by atoms with E-state index in [1.54, 1.807) is 43.2 Å². The molecule has 7 heteroatoms. The van der Waals surface area contributed by atoms with Crippen LogP contribution in [0.5, 0.6) is 0 Å². The third kappa shape index (κ3) is 4.79. The molecule has 1 atom stereocenters. The van der Waals surface area contributed by atoms with Crippen molar-refractivity contribution in [3.05, 3.63) is 72.3 Å². The maximum absolute atomic E-state index is 13.8. The monoisotopic (exact) mass is 422 g/mol. The van der Waals surface area contributed by atoms with E-state index in [1.807, 2.05) is 30.3 Å². The van der Waals surface area contributed by atoms with Crippen LogP contribution in [0.3, 0.4) is 0 Å². The Morgan fingerprint density at radius 3 is 2.77 bits per heavy atom. The number of nitrogens with one attached hydrogen (secondary N) is 1. The third-order valence-corrected chi connectivity index (χ3v) is 6.12. The summed E-state index contributed by atoms with van der Waals surface area (Å²) < 4.78 is 13.8. The molecular formula is C23H23FN4OS. The molecule has 1 fully saturated rings. The lowest BCUT2D eigenvalue weighted by Gasteiger charge is -2.33. The second-order valence-electron chi connectivity index (χ2n) is 7.34. The number of benzene rings is 2. The number of halogens is 1. The molecule has 5 nitrogen and oxygen atoms in total. The SMILES string of the molecule is Cc1ccc(NC(=O)C2CCCN(c3nccnc3Sc3ccccc3)C2)cc1F. The van der Waals surface area contributed by atoms with Crippen molar-refractivity contribution in [2.24, 2.45) is 5.92 Å². The topological polar surface area (TPSA) is 58.1 Å². The molecule has 1 aliphatic rings. The summed E-state index contributed by atoms with van der Waals surface area (Å²) >= 11 is 1.57. The molecule has 30 heavy (non-hydrogen) atoms. The van der Waals surface area contributed by atoms with Gasteiger partial charge in [-0.05, 0) is 49.6 Å². The molecule has 154 valence electrons. The number of piperidine rings is 1. The summed E-state index contributed by atoms with van der Waals surface area (Å²) in [7, 11) is 0. The van der Waals surface area contributed by atoms with Crippen LogP contribution in [0, 0.1) is 18.7 Å². The van der Waals surface area contributed by atoms with Gasteiger partial charge in [-0.15, -0.1) is 0 Å². The van der Waals surface area contributed by atoms with E-state index >= 15 is 0 Å². The maximum atomic E-state index is 13.8. The number of carbonyl (C=O) groups excluding carboxylic acids is 1. The zero-order chi connectivity index (χ0) is 20.9. The number of hydrogen-bond donors (Lipinski definition) is 1. The molecule has 1 unspecified atom stereocenters. The molecule has 3 aromatic rings. The third-order valence-electron chi connectivity index (χ3n) is 5.14. The molecule has 2 aromatic carbocycles. The standard InChI is InChI=1S/C23H23FN4OS/c1-16-9-10-18(14-20(16)24)27-22(29)17-6-5-13-28(15-17)21-23(26-12-11-25-21)30-19-7-3-2-4-8-19/h2-4,7-12,14,17H,5-6,13,15H2,1H3,(H,27,29). The number of rotatable bonds is 5. The molecule has 2 heterocycles. The lowest BCUT2D eigenvalue weighted by Crippen LogP contribution is -2.41. The highest BCUT2D eigenvalue weighted by Gasteiger charge is 2.28. The highest BCUT2D eigenvalue weighted by molar-refractivity contribution is 7.99. The van der Waals surface area contributed by atoms with Gasteiger partial charge in [-0.1, -0.05) is 36.0 Å². The molecule has 0 bridgehead atoms. The fourth-order valence-electron chi connectivity index (χ4n) is 3.51. The fraction of sp³-hybridized carbons (Fsp3) is 0.261. The second kappa shape index (κ2) is 9.26. The maximum Gasteiger partial charge on any atom is 0.229 e. The van der Waals surface area contributed by atoms with E-state index in [4.69, 9.17) is 0 Å². The van der Waals surface area contributed by atoms with Gasteiger partial charge in [-0.3, -0.25) is 4.79 Å². The van der Waals surface area contributed by atoms with Crippen molar-refractivity contribution in [1.82, 2.24) is 9.97 Å². The minimum atomic E-state index is -0.319. The first-order chi connectivity index (χ1) is 14.6. The van der Waals surface area contributed by atoms with E-state index in [0.717, 1.165) is 35.1 Å². The van der Waals surface area contributed by atoms with Gasteiger partial charge in [0.2, 0.25) is 5.91 Å². The zero-order valence-electron chi connectivity index (χ0n) is 16.7. The van der Waals surface area contributed by atoms with Crippen molar-refractivity contribution in [2.75, 3.05) is 23.3 Å². The number of aryl methyl sites for hydroxylation is 1. The Labute approximate surface area is 179 Å². The average Bonchev–Trinajstić information content (AvgIpc) is 2.77. The Morgan fingerprint density at radius 1 is 1.17 bits per heavy atom. The van der Waals surface area contributed by atoms with Crippen LogP contribution in [-0.2, 0) is 4.79 Å². The van der Waals surface area contributed by atoms with Gasteiger partial charge in [0.15, 0.2) is 5.82 Å². The van der Waals surface area contributed by atoms with E-state index in [9.17, 15) is 9.18 Å².